The minimum atomic E-state index is -0.144. The van der Waals surface area contributed by atoms with Crippen molar-refractivity contribution in [2.24, 2.45) is 0 Å². The number of esters is 1. The van der Waals surface area contributed by atoms with E-state index >= 15 is 0 Å². The molecule has 0 aromatic heterocycles. The second kappa shape index (κ2) is 6.22. The third kappa shape index (κ3) is 3.44. The molecular formula is C9H19ClN2O2. The maximum absolute atomic E-state index is 11.2. The van der Waals surface area contributed by atoms with E-state index in [0.717, 1.165) is 19.6 Å². The Kier molecular flexibility index (Phi) is 6.08. The molecule has 14 heavy (non-hydrogen) atoms. The maximum Gasteiger partial charge on any atom is 0.322 e. The minimum absolute atomic E-state index is 0. The molecule has 1 heterocycles. The Bertz CT molecular complexity index is 190. The number of methoxy groups -OCH3 is 1. The largest absolute Gasteiger partial charge is 0.468 e. The number of halogens is 1. The maximum atomic E-state index is 11.2. The van der Waals surface area contributed by atoms with Crippen LogP contribution < -0.4 is 5.32 Å². The zero-order valence-electron chi connectivity index (χ0n) is 8.95. The van der Waals surface area contributed by atoms with Gasteiger partial charge < -0.3 is 10.1 Å². The van der Waals surface area contributed by atoms with E-state index in [1.165, 1.54) is 7.11 Å². The van der Waals surface area contributed by atoms with Crippen LogP contribution in [-0.2, 0) is 9.53 Å². The molecule has 1 aliphatic heterocycles. The van der Waals surface area contributed by atoms with Gasteiger partial charge in [-0.25, -0.2) is 0 Å². The van der Waals surface area contributed by atoms with Gasteiger partial charge >= 0.3 is 5.97 Å². The number of ether oxygens (including phenoxy) is 1. The molecule has 0 saturated carbocycles. The smallest absolute Gasteiger partial charge is 0.322 e. The molecule has 5 heteroatoms. The summed E-state index contributed by atoms with van der Waals surface area (Å²) in [6, 6.07) is 0.343. The SMILES string of the molecule is COC(=O)C(C)N1CCNC(C)C1.Cl. The Morgan fingerprint density at radius 2 is 2.29 bits per heavy atom. The molecule has 0 aromatic rings. The lowest BCUT2D eigenvalue weighted by molar-refractivity contribution is -0.146. The molecule has 1 fully saturated rings. The predicted molar refractivity (Wildman–Crippen MR) is 57.8 cm³/mol. The van der Waals surface area contributed by atoms with E-state index < -0.39 is 0 Å². The van der Waals surface area contributed by atoms with Gasteiger partial charge in [0.05, 0.1) is 7.11 Å². The zero-order chi connectivity index (χ0) is 9.84. The highest BCUT2D eigenvalue weighted by atomic mass is 35.5. The standard InChI is InChI=1S/C9H18N2O2.ClH/c1-7-6-11(5-4-10-7)8(2)9(12)13-3;/h7-8,10H,4-6H2,1-3H3;1H. The summed E-state index contributed by atoms with van der Waals surface area (Å²) in [5.74, 6) is -0.144. The number of carbonyl (C=O) groups is 1. The molecule has 0 amide bonds. The van der Waals surface area contributed by atoms with Crippen molar-refractivity contribution < 1.29 is 9.53 Å². The molecule has 0 radical (unpaired) electrons. The molecular weight excluding hydrogens is 204 g/mol. The molecule has 1 aliphatic rings. The molecule has 2 unspecified atom stereocenters. The molecule has 84 valence electrons. The lowest BCUT2D eigenvalue weighted by Gasteiger charge is -2.34. The normalized spacial score (nSPS) is 24.9. The van der Waals surface area contributed by atoms with E-state index in [4.69, 9.17) is 4.74 Å². The first-order valence-electron chi connectivity index (χ1n) is 4.70. The van der Waals surface area contributed by atoms with Crippen LogP contribution in [0.15, 0.2) is 0 Å². The van der Waals surface area contributed by atoms with Crippen LogP contribution in [0.25, 0.3) is 0 Å². The topological polar surface area (TPSA) is 41.6 Å². The Morgan fingerprint density at radius 3 is 2.79 bits per heavy atom. The van der Waals surface area contributed by atoms with Crippen LogP contribution in [-0.4, -0.2) is 49.7 Å². The molecule has 0 spiro atoms. The van der Waals surface area contributed by atoms with E-state index in [0.29, 0.717) is 6.04 Å². The van der Waals surface area contributed by atoms with E-state index in [2.05, 4.69) is 17.1 Å². The van der Waals surface area contributed by atoms with Crippen molar-refractivity contribution in [3.05, 3.63) is 0 Å². The summed E-state index contributed by atoms with van der Waals surface area (Å²) in [5.41, 5.74) is 0. The summed E-state index contributed by atoms with van der Waals surface area (Å²) in [6.07, 6.45) is 0. The minimum Gasteiger partial charge on any atom is -0.468 e. The Labute approximate surface area is 91.4 Å². The van der Waals surface area contributed by atoms with E-state index in [-0.39, 0.29) is 24.4 Å². The number of hydrogen-bond donors (Lipinski definition) is 1. The van der Waals surface area contributed by atoms with Gasteiger partial charge in [-0.1, -0.05) is 0 Å². The Morgan fingerprint density at radius 1 is 1.64 bits per heavy atom. The highest BCUT2D eigenvalue weighted by Crippen LogP contribution is 2.05. The van der Waals surface area contributed by atoms with Crippen LogP contribution in [0.4, 0.5) is 0 Å². The highest BCUT2D eigenvalue weighted by Gasteiger charge is 2.25. The van der Waals surface area contributed by atoms with Crippen molar-refractivity contribution >= 4 is 18.4 Å². The highest BCUT2D eigenvalue weighted by molar-refractivity contribution is 5.85. The average Bonchev–Trinajstić information content (AvgIpc) is 2.15. The second-order valence-corrected chi connectivity index (χ2v) is 3.55. The van der Waals surface area contributed by atoms with Crippen molar-refractivity contribution in [1.29, 1.82) is 0 Å². The summed E-state index contributed by atoms with van der Waals surface area (Å²) < 4.78 is 4.70. The van der Waals surface area contributed by atoms with Gasteiger partial charge in [0.1, 0.15) is 6.04 Å². The lowest BCUT2D eigenvalue weighted by atomic mass is 10.2. The van der Waals surface area contributed by atoms with Crippen LogP contribution in [0.3, 0.4) is 0 Å². The van der Waals surface area contributed by atoms with Gasteiger partial charge in [-0.05, 0) is 13.8 Å². The summed E-state index contributed by atoms with van der Waals surface area (Å²) >= 11 is 0. The van der Waals surface area contributed by atoms with Gasteiger partial charge in [-0.15, -0.1) is 12.4 Å². The van der Waals surface area contributed by atoms with Crippen LogP contribution in [0.1, 0.15) is 13.8 Å². The number of rotatable bonds is 2. The second-order valence-electron chi connectivity index (χ2n) is 3.55. The fraction of sp³-hybridized carbons (Fsp3) is 0.889. The third-order valence-electron chi connectivity index (χ3n) is 2.49. The number of piperazine rings is 1. The van der Waals surface area contributed by atoms with Crippen molar-refractivity contribution in [3.8, 4) is 0 Å². The molecule has 1 saturated heterocycles. The van der Waals surface area contributed by atoms with E-state index in [1.54, 1.807) is 0 Å². The third-order valence-corrected chi connectivity index (χ3v) is 2.49. The van der Waals surface area contributed by atoms with Gasteiger partial charge in [0.15, 0.2) is 0 Å². The molecule has 0 bridgehead atoms. The molecule has 2 atom stereocenters. The number of nitrogens with one attached hydrogen (secondary N) is 1. The lowest BCUT2D eigenvalue weighted by Crippen LogP contribution is -2.54. The van der Waals surface area contributed by atoms with Crippen molar-refractivity contribution in [2.45, 2.75) is 25.9 Å². The van der Waals surface area contributed by atoms with Gasteiger partial charge in [-0.3, -0.25) is 9.69 Å². The quantitative estimate of drug-likeness (QED) is 0.681. The fourth-order valence-corrected chi connectivity index (χ4v) is 1.63. The molecule has 4 nitrogen and oxygen atoms in total. The molecule has 0 aromatic carbocycles. The average molecular weight is 223 g/mol. The summed E-state index contributed by atoms with van der Waals surface area (Å²) in [6.45, 7) is 6.79. The van der Waals surface area contributed by atoms with Crippen LogP contribution in [0, 0.1) is 0 Å². The number of carbonyl (C=O) groups excluding carboxylic acids is 1. The molecule has 1 rings (SSSR count). The van der Waals surface area contributed by atoms with Crippen LogP contribution in [0.5, 0.6) is 0 Å². The van der Waals surface area contributed by atoms with Crippen LogP contribution in [0.2, 0.25) is 0 Å². The first kappa shape index (κ1) is 13.7. The van der Waals surface area contributed by atoms with Crippen molar-refractivity contribution in [3.63, 3.8) is 0 Å². The number of nitrogens with zero attached hydrogens (tertiary/aromatic N) is 1. The van der Waals surface area contributed by atoms with E-state index in [1.807, 2.05) is 6.92 Å². The first-order chi connectivity index (χ1) is 6.15. The fourth-order valence-electron chi connectivity index (χ4n) is 1.63. The molecule has 1 N–H and O–H groups in total. The number of hydrogen-bond acceptors (Lipinski definition) is 4. The Hall–Kier alpha value is -0.320. The van der Waals surface area contributed by atoms with Gasteiger partial charge in [-0.2, -0.15) is 0 Å². The summed E-state index contributed by atoms with van der Waals surface area (Å²) in [7, 11) is 1.43. The monoisotopic (exact) mass is 222 g/mol. The van der Waals surface area contributed by atoms with Gasteiger partial charge in [0, 0.05) is 25.7 Å². The summed E-state index contributed by atoms with van der Waals surface area (Å²) in [4.78, 5) is 13.4. The van der Waals surface area contributed by atoms with Gasteiger partial charge in [0.2, 0.25) is 0 Å². The summed E-state index contributed by atoms with van der Waals surface area (Å²) in [5, 5.41) is 3.33. The zero-order valence-corrected chi connectivity index (χ0v) is 9.76. The van der Waals surface area contributed by atoms with Crippen molar-refractivity contribution in [1.82, 2.24) is 10.2 Å². The van der Waals surface area contributed by atoms with Crippen molar-refractivity contribution in [2.75, 3.05) is 26.7 Å². The Balaban J connectivity index is 0.00000169. The first-order valence-corrected chi connectivity index (χ1v) is 4.70. The predicted octanol–water partition coefficient (Wildman–Crippen LogP) is 0.263. The van der Waals surface area contributed by atoms with Gasteiger partial charge in [0.25, 0.3) is 0 Å². The van der Waals surface area contributed by atoms with Crippen LogP contribution >= 0.6 is 12.4 Å². The molecule has 0 aliphatic carbocycles. The van der Waals surface area contributed by atoms with E-state index in [9.17, 15) is 4.79 Å².